The van der Waals surface area contributed by atoms with Gasteiger partial charge in [-0.05, 0) is 32.8 Å². The van der Waals surface area contributed by atoms with Gasteiger partial charge in [0, 0.05) is 37.1 Å². The van der Waals surface area contributed by atoms with Crippen LogP contribution in [0.5, 0.6) is 0 Å². The second-order valence-electron chi connectivity index (χ2n) is 7.33. The van der Waals surface area contributed by atoms with Crippen LogP contribution in [0.4, 0.5) is 0 Å². The predicted molar refractivity (Wildman–Crippen MR) is 109 cm³/mol. The van der Waals surface area contributed by atoms with Crippen molar-refractivity contribution in [2.45, 2.75) is 38.8 Å². The molecule has 2 aromatic rings. The normalized spacial score (nSPS) is 14.9. The maximum atomic E-state index is 12.7. The van der Waals surface area contributed by atoms with Crippen LogP contribution in [0.2, 0.25) is 0 Å². The van der Waals surface area contributed by atoms with Crippen molar-refractivity contribution in [1.29, 1.82) is 0 Å². The number of hydrogen-bond acceptors (Lipinski definition) is 6. The van der Waals surface area contributed by atoms with Gasteiger partial charge < -0.3 is 25.5 Å². The summed E-state index contributed by atoms with van der Waals surface area (Å²) in [6, 6.07) is 8.26. The topological polar surface area (TPSA) is 145 Å². The zero-order valence-corrected chi connectivity index (χ0v) is 17.1. The molecule has 1 amide bonds. The molecule has 1 aromatic carbocycles. The number of nitrogens with one attached hydrogen (secondary N) is 1. The molecule has 0 spiro atoms. The fourth-order valence-corrected chi connectivity index (χ4v) is 3.35. The highest BCUT2D eigenvalue weighted by atomic mass is 16.4. The number of piperidine rings is 1. The lowest BCUT2D eigenvalue weighted by Gasteiger charge is -2.31. The Morgan fingerprint density at radius 2 is 1.73 bits per heavy atom. The Bertz CT molecular complexity index is 875. The first-order chi connectivity index (χ1) is 14.2. The number of fused-ring (bicyclic) bond motifs is 1. The molecule has 0 saturated carbocycles. The molecule has 1 aliphatic heterocycles. The Morgan fingerprint density at radius 3 is 2.27 bits per heavy atom. The third kappa shape index (κ3) is 6.01. The molecule has 0 bridgehead atoms. The maximum Gasteiger partial charge on any atom is 0.414 e. The van der Waals surface area contributed by atoms with E-state index in [1.165, 1.54) is 0 Å². The highest BCUT2D eigenvalue weighted by Crippen LogP contribution is 2.22. The van der Waals surface area contributed by atoms with Crippen LogP contribution in [0.3, 0.4) is 0 Å². The van der Waals surface area contributed by atoms with Gasteiger partial charge in [0.2, 0.25) is 0 Å². The fraction of sp³-hybridized carbons (Fsp3) is 0.500. The monoisotopic (exact) mass is 420 g/mol. The van der Waals surface area contributed by atoms with E-state index in [1.807, 2.05) is 28.9 Å². The molecule has 30 heavy (non-hydrogen) atoms. The Kier molecular flexibility index (Phi) is 8.31. The third-order valence-electron chi connectivity index (χ3n) is 4.84. The molecule has 0 unspecified atom stereocenters. The summed E-state index contributed by atoms with van der Waals surface area (Å²) in [7, 11) is 0. The summed E-state index contributed by atoms with van der Waals surface area (Å²) < 4.78 is 1.91. The average molecular weight is 420 g/mol. The predicted octanol–water partition coefficient (Wildman–Crippen LogP) is 0.959. The summed E-state index contributed by atoms with van der Waals surface area (Å²) in [6.07, 6.45) is 1.82. The van der Waals surface area contributed by atoms with E-state index < -0.39 is 11.9 Å². The molecule has 0 atom stereocenters. The number of carboxylic acids is 2. The second-order valence-corrected chi connectivity index (χ2v) is 7.33. The summed E-state index contributed by atoms with van der Waals surface area (Å²) in [5.41, 5.74) is 1.51. The van der Waals surface area contributed by atoms with Gasteiger partial charge in [-0.25, -0.2) is 9.59 Å². The Labute approximate surface area is 174 Å². The first-order valence-corrected chi connectivity index (χ1v) is 9.82. The molecule has 10 heteroatoms. The van der Waals surface area contributed by atoms with Crippen LogP contribution in [0, 0.1) is 0 Å². The van der Waals surface area contributed by atoms with Gasteiger partial charge in [0.25, 0.3) is 5.91 Å². The SMILES string of the molecule is CC(C)n1nc(C(=O)NC2CCN(CCO)CC2)c2ccccc21.O=C(O)C(=O)O. The first-order valence-electron chi connectivity index (χ1n) is 9.82. The van der Waals surface area contributed by atoms with E-state index >= 15 is 0 Å². The molecule has 1 aliphatic rings. The third-order valence-corrected chi connectivity index (χ3v) is 4.84. The molecule has 1 aromatic heterocycles. The molecule has 1 saturated heterocycles. The van der Waals surface area contributed by atoms with Crippen molar-refractivity contribution in [3.8, 4) is 0 Å². The number of rotatable bonds is 5. The van der Waals surface area contributed by atoms with Crippen LogP contribution in [0.1, 0.15) is 43.2 Å². The number of β-amino-alcohol motifs (C(OH)–C–C–N with tert-alkyl or cyclic N) is 1. The van der Waals surface area contributed by atoms with Gasteiger partial charge >= 0.3 is 11.9 Å². The molecule has 10 nitrogen and oxygen atoms in total. The van der Waals surface area contributed by atoms with Crippen LogP contribution in [-0.2, 0) is 9.59 Å². The Hall–Kier alpha value is -2.98. The van der Waals surface area contributed by atoms with Crippen LogP contribution in [-0.4, -0.2) is 80.1 Å². The van der Waals surface area contributed by atoms with Gasteiger partial charge in [0.1, 0.15) is 0 Å². The van der Waals surface area contributed by atoms with Gasteiger partial charge in [-0.15, -0.1) is 0 Å². The number of hydrogen-bond donors (Lipinski definition) is 4. The van der Waals surface area contributed by atoms with E-state index in [1.54, 1.807) is 0 Å². The number of likely N-dealkylation sites (tertiary alicyclic amines) is 1. The highest BCUT2D eigenvalue weighted by molar-refractivity contribution is 6.27. The van der Waals surface area contributed by atoms with Crippen molar-refractivity contribution < 1.29 is 29.7 Å². The van der Waals surface area contributed by atoms with Crippen LogP contribution < -0.4 is 5.32 Å². The van der Waals surface area contributed by atoms with Crippen molar-refractivity contribution in [2.24, 2.45) is 0 Å². The summed E-state index contributed by atoms with van der Waals surface area (Å²) in [5.74, 6) is -3.74. The molecular formula is C20H28N4O6. The molecule has 164 valence electrons. The highest BCUT2D eigenvalue weighted by Gasteiger charge is 2.24. The molecule has 2 heterocycles. The molecule has 0 aliphatic carbocycles. The number of carbonyl (C=O) groups is 3. The first kappa shape index (κ1) is 23.3. The molecule has 0 radical (unpaired) electrons. The van der Waals surface area contributed by atoms with E-state index in [9.17, 15) is 4.79 Å². The summed E-state index contributed by atoms with van der Waals surface area (Å²) >= 11 is 0. The number of aliphatic carboxylic acids is 2. The van der Waals surface area contributed by atoms with Gasteiger partial charge in [-0.3, -0.25) is 9.48 Å². The lowest BCUT2D eigenvalue weighted by atomic mass is 10.0. The minimum absolute atomic E-state index is 0.0915. The minimum Gasteiger partial charge on any atom is -0.473 e. The van der Waals surface area contributed by atoms with Crippen molar-refractivity contribution >= 4 is 28.7 Å². The number of amides is 1. The zero-order valence-electron chi connectivity index (χ0n) is 17.1. The quantitative estimate of drug-likeness (QED) is 0.524. The molecule has 4 N–H and O–H groups in total. The number of para-hydroxylation sites is 1. The average Bonchev–Trinajstić information content (AvgIpc) is 3.10. The summed E-state index contributed by atoms with van der Waals surface area (Å²) in [5, 5.41) is 32.4. The van der Waals surface area contributed by atoms with E-state index in [2.05, 4.69) is 29.2 Å². The lowest BCUT2D eigenvalue weighted by molar-refractivity contribution is -0.159. The molecule has 3 rings (SSSR count). The largest absolute Gasteiger partial charge is 0.473 e. The standard InChI is InChI=1S/C18H26N4O2.C2H2O4/c1-13(2)22-16-6-4-3-5-15(16)17(20-22)18(24)19-14-7-9-21(10-8-14)11-12-23;3-1(4)2(5)6/h3-6,13-14,23H,7-12H2,1-2H3,(H,19,24);(H,3,4)(H,5,6). The smallest absolute Gasteiger partial charge is 0.414 e. The zero-order chi connectivity index (χ0) is 22.3. The number of carbonyl (C=O) groups excluding carboxylic acids is 1. The van der Waals surface area contributed by atoms with E-state index in [4.69, 9.17) is 24.9 Å². The Balaban J connectivity index is 0.000000469. The van der Waals surface area contributed by atoms with Crippen LogP contribution in [0.25, 0.3) is 10.9 Å². The number of carboxylic acid groups (broad SMARTS) is 2. The van der Waals surface area contributed by atoms with E-state index in [0.29, 0.717) is 12.2 Å². The minimum atomic E-state index is -1.82. The van der Waals surface area contributed by atoms with Crippen LogP contribution in [0.15, 0.2) is 24.3 Å². The summed E-state index contributed by atoms with van der Waals surface area (Å²) in [4.78, 5) is 33.2. The second kappa shape index (κ2) is 10.7. The maximum absolute atomic E-state index is 12.7. The van der Waals surface area contributed by atoms with Crippen molar-refractivity contribution in [3.05, 3.63) is 30.0 Å². The molecule has 1 fully saturated rings. The van der Waals surface area contributed by atoms with Crippen LogP contribution >= 0.6 is 0 Å². The van der Waals surface area contributed by atoms with Crippen molar-refractivity contribution in [1.82, 2.24) is 20.0 Å². The number of aromatic nitrogens is 2. The van der Waals surface area contributed by atoms with Gasteiger partial charge in [-0.1, -0.05) is 18.2 Å². The van der Waals surface area contributed by atoms with Crippen molar-refractivity contribution in [3.63, 3.8) is 0 Å². The Morgan fingerprint density at radius 1 is 1.13 bits per heavy atom. The lowest BCUT2D eigenvalue weighted by Crippen LogP contribution is -2.45. The number of nitrogens with zero attached hydrogens (tertiary/aromatic N) is 3. The molecular weight excluding hydrogens is 392 g/mol. The van der Waals surface area contributed by atoms with Crippen molar-refractivity contribution in [2.75, 3.05) is 26.2 Å². The van der Waals surface area contributed by atoms with E-state index in [0.717, 1.165) is 36.8 Å². The number of aliphatic hydroxyl groups excluding tert-OH is 1. The van der Waals surface area contributed by atoms with Gasteiger partial charge in [-0.2, -0.15) is 5.10 Å². The van der Waals surface area contributed by atoms with Gasteiger partial charge in [0.05, 0.1) is 12.1 Å². The fourth-order valence-electron chi connectivity index (χ4n) is 3.35. The number of benzene rings is 1. The van der Waals surface area contributed by atoms with E-state index in [-0.39, 0.29) is 24.6 Å². The van der Waals surface area contributed by atoms with Gasteiger partial charge in [0.15, 0.2) is 5.69 Å². The summed E-state index contributed by atoms with van der Waals surface area (Å²) in [6.45, 7) is 6.86. The number of aliphatic hydroxyl groups is 1.